The normalized spacial score (nSPS) is 33.7. The Morgan fingerprint density at radius 3 is 2.64 bits per heavy atom. The molecule has 33 heavy (non-hydrogen) atoms. The van der Waals surface area contributed by atoms with Crippen LogP contribution in [0, 0.1) is 29.6 Å². The third-order valence-electron chi connectivity index (χ3n) is 7.84. The van der Waals surface area contributed by atoms with Gasteiger partial charge >= 0.3 is 10.8 Å². The number of rotatable bonds is 5. The minimum Gasteiger partial charge on any atom is -0.496 e. The zero-order valence-corrected chi connectivity index (χ0v) is 19.4. The van der Waals surface area contributed by atoms with E-state index in [9.17, 15) is 19.2 Å². The number of aliphatic carboxylic acids is 1. The molecule has 10 heteroatoms. The number of fused-ring (bicyclic) bond motifs is 9. The van der Waals surface area contributed by atoms with E-state index in [4.69, 9.17) is 9.84 Å². The van der Waals surface area contributed by atoms with Gasteiger partial charge in [0.1, 0.15) is 5.75 Å². The van der Waals surface area contributed by atoms with Crippen LogP contribution in [0.15, 0.2) is 34.1 Å². The average Bonchev–Trinajstić information content (AvgIpc) is 3.51. The number of para-hydroxylation sites is 1. The van der Waals surface area contributed by atoms with E-state index in [0.717, 1.165) is 27.6 Å². The summed E-state index contributed by atoms with van der Waals surface area (Å²) in [4.78, 5) is 54.9. The standard InChI is InChI=1S/C23H22N2O6S2/c1-31-12-5-3-2-4-9(12)14-15-10-8-11(18(15)32-20-19(14)33-23(30)24-20)17-16(10)21(28)25(22(17)29)7-6-13(26)27/h2-5,10-11,14-18H,6-8H2,1H3,(H,24,30)(H,26,27)/t10-,11+,14+,15+,16+,17-,18-/m1/s1. The Labute approximate surface area is 197 Å². The Morgan fingerprint density at radius 2 is 1.91 bits per heavy atom. The first-order valence-corrected chi connectivity index (χ1v) is 12.7. The first kappa shape index (κ1) is 21.0. The van der Waals surface area contributed by atoms with Crippen LogP contribution in [0.25, 0.3) is 0 Å². The fraction of sp³-hybridized carbons (Fsp3) is 0.478. The molecule has 1 aromatic carbocycles. The predicted molar refractivity (Wildman–Crippen MR) is 120 cm³/mol. The highest BCUT2D eigenvalue weighted by atomic mass is 32.2. The number of hydrogen-bond donors (Lipinski definition) is 2. The fourth-order valence-electron chi connectivity index (χ4n) is 6.78. The van der Waals surface area contributed by atoms with Gasteiger partial charge in [-0.05, 0) is 30.2 Å². The van der Waals surface area contributed by atoms with E-state index in [2.05, 4.69) is 4.98 Å². The van der Waals surface area contributed by atoms with Crippen LogP contribution in [0.4, 0.5) is 0 Å². The molecule has 2 bridgehead atoms. The summed E-state index contributed by atoms with van der Waals surface area (Å²) in [5.41, 5.74) is 0.996. The number of thioether (sulfide) groups is 1. The van der Waals surface area contributed by atoms with E-state index in [1.165, 1.54) is 16.2 Å². The highest BCUT2D eigenvalue weighted by Gasteiger charge is 2.69. The monoisotopic (exact) mass is 486 g/mol. The third kappa shape index (κ3) is 2.89. The number of thiazole rings is 1. The number of amides is 2. The predicted octanol–water partition coefficient (Wildman–Crippen LogP) is 2.39. The molecule has 1 saturated heterocycles. The number of nitrogens with zero attached hydrogens (tertiary/aromatic N) is 1. The Hall–Kier alpha value is -2.59. The number of hydrogen-bond acceptors (Lipinski definition) is 7. The number of carbonyl (C=O) groups excluding carboxylic acids is 2. The quantitative estimate of drug-likeness (QED) is 0.623. The van der Waals surface area contributed by atoms with Crippen LogP contribution in [0.3, 0.4) is 0 Å². The first-order chi connectivity index (χ1) is 15.9. The van der Waals surface area contributed by atoms with Crippen LogP contribution in [-0.4, -0.2) is 51.7 Å². The molecule has 2 aromatic rings. The van der Waals surface area contributed by atoms with E-state index in [-0.39, 0.29) is 58.6 Å². The molecular formula is C23H22N2O6S2. The largest absolute Gasteiger partial charge is 0.496 e. The molecule has 3 heterocycles. The summed E-state index contributed by atoms with van der Waals surface area (Å²) in [6, 6.07) is 7.80. The summed E-state index contributed by atoms with van der Waals surface area (Å²) in [7, 11) is 1.63. The maximum atomic E-state index is 13.3. The minimum atomic E-state index is -1.02. The SMILES string of the molecule is COc1ccccc1[C@@H]1c2sc(=O)[nH]c2S[C@@H]2[C@H]3C[C@@H]([C@@H]4C(=O)N(CCC(=O)O)C(=O)[C@H]34)[C@@H]12. The molecule has 6 rings (SSSR count). The van der Waals surface area contributed by atoms with Crippen molar-refractivity contribution in [2.24, 2.45) is 29.6 Å². The molecule has 1 aromatic heterocycles. The number of ether oxygens (including phenoxy) is 1. The molecule has 2 N–H and O–H groups in total. The Morgan fingerprint density at radius 1 is 1.18 bits per heavy atom. The zero-order chi connectivity index (χ0) is 23.0. The summed E-state index contributed by atoms with van der Waals surface area (Å²) in [6.07, 6.45) is 0.558. The van der Waals surface area contributed by atoms with Gasteiger partial charge in [0.05, 0.1) is 30.4 Å². The van der Waals surface area contributed by atoms with Gasteiger partial charge in [0, 0.05) is 28.2 Å². The van der Waals surface area contributed by atoms with Gasteiger partial charge in [0.25, 0.3) is 0 Å². The number of likely N-dealkylation sites (tertiary alicyclic amines) is 1. The number of nitrogens with one attached hydrogen (secondary N) is 1. The molecule has 4 aliphatic rings. The van der Waals surface area contributed by atoms with Gasteiger partial charge in [0.2, 0.25) is 11.8 Å². The highest BCUT2D eigenvalue weighted by Crippen LogP contribution is 2.68. The third-order valence-corrected chi connectivity index (χ3v) is 10.4. The van der Waals surface area contributed by atoms with Crippen LogP contribution in [-0.2, 0) is 14.4 Å². The van der Waals surface area contributed by atoms with E-state index in [1.807, 2.05) is 24.3 Å². The van der Waals surface area contributed by atoms with Crippen molar-refractivity contribution in [3.63, 3.8) is 0 Å². The molecule has 2 saturated carbocycles. The highest BCUT2D eigenvalue weighted by molar-refractivity contribution is 8.00. The fourth-order valence-corrected chi connectivity index (χ4v) is 9.66. The number of aromatic amines is 1. The molecule has 8 nitrogen and oxygen atoms in total. The van der Waals surface area contributed by atoms with Gasteiger partial charge in [-0.2, -0.15) is 0 Å². The second-order valence-corrected chi connectivity index (χ2v) is 11.4. The van der Waals surface area contributed by atoms with Crippen molar-refractivity contribution in [3.8, 4) is 5.75 Å². The van der Waals surface area contributed by atoms with Crippen LogP contribution < -0.4 is 9.61 Å². The van der Waals surface area contributed by atoms with Crippen LogP contribution in [0.5, 0.6) is 5.75 Å². The summed E-state index contributed by atoms with van der Waals surface area (Å²) in [5.74, 6) is -1.51. The minimum absolute atomic E-state index is 0.00374. The van der Waals surface area contributed by atoms with E-state index in [0.29, 0.717) is 0 Å². The number of imide groups is 1. The molecule has 0 spiro atoms. The lowest BCUT2D eigenvalue weighted by atomic mass is 9.68. The zero-order valence-electron chi connectivity index (χ0n) is 17.7. The van der Waals surface area contributed by atoms with Gasteiger partial charge in [0.15, 0.2) is 0 Å². The number of H-pyrrole nitrogens is 1. The second-order valence-electron chi connectivity index (χ2n) is 9.17. The van der Waals surface area contributed by atoms with Crippen LogP contribution in [0.2, 0.25) is 0 Å². The van der Waals surface area contributed by atoms with Crippen molar-refractivity contribution >= 4 is 40.9 Å². The van der Waals surface area contributed by atoms with Crippen LogP contribution in [0.1, 0.15) is 29.2 Å². The number of methoxy groups -OCH3 is 1. The van der Waals surface area contributed by atoms with E-state index in [1.54, 1.807) is 18.9 Å². The number of aromatic nitrogens is 1. The lowest BCUT2D eigenvalue weighted by Gasteiger charge is -2.43. The number of carboxylic acids is 1. The Balaban J connectivity index is 1.43. The van der Waals surface area contributed by atoms with Crippen molar-refractivity contribution in [3.05, 3.63) is 44.4 Å². The van der Waals surface area contributed by atoms with Crippen molar-refractivity contribution < 1.29 is 24.2 Å². The van der Waals surface area contributed by atoms with E-state index < -0.39 is 17.8 Å². The molecule has 2 aliphatic carbocycles. The van der Waals surface area contributed by atoms with Crippen molar-refractivity contribution in [2.45, 2.75) is 29.0 Å². The molecule has 0 unspecified atom stereocenters. The second kappa shape index (κ2) is 7.46. The summed E-state index contributed by atoms with van der Waals surface area (Å²) in [5, 5.41) is 10.0. The van der Waals surface area contributed by atoms with E-state index >= 15 is 0 Å². The van der Waals surface area contributed by atoms with Gasteiger partial charge in [-0.1, -0.05) is 29.5 Å². The topological polar surface area (TPSA) is 117 Å². The summed E-state index contributed by atoms with van der Waals surface area (Å²) in [6.45, 7) is -0.0709. The molecular weight excluding hydrogens is 464 g/mol. The molecule has 7 atom stereocenters. The van der Waals surface area contributed by atoms with Crippen molar-refractivity contribution in [1.82, 2.24) is 9.88 Å². The maximum absolute atomic E-state index is 13.3. The Kier molecular flexibility index (Phi) is 4.74. The Bertz CT molecular complexity index is 1240. The lowest BCUT2D eigenvalue weighted by Crippen LogP contribution is -2.42. The summed E-state index contributed by atoms with van der Waals surface area (Å²) >= 11 is 2.85. The molecule has 172 valence electrons. The number of carboxylic acid groups (broad SMARTS) is 1. The molecule has 2 amide bonds. The average molecular weight is 487 g/mol. The molecule has 2 aliphatic heterocycles. The molecule has 0 radical (unpaired) electrons. The van der Waals surface area contributed by atoms with Gasteiger partial charge in [-0.25, -0.2) is 0 Å². The number of carbonyl (C=O) groups is 3. The summed E-state index contributed by atoms with van der Waals surface area (Å²) < 4.78 is 5.67. The maximum Gasteiger partial charge on any atom is 0.305 e. The van der Waals surface area contributed by atoms with Crippen LogP contribution >= 0.6 is 23.1 Å². The molecule has 3 fully saturated rings. The van der Waals surface area contributed by atoms with Crippen molar-refractivity contribution in [1.29, 1.82) is 0 Å². The smallest absolute Gasteiger partial charge is 0.305 e. The first-order valence-electron chi connectivity index (χ1n) is 11.0. The van der Waals surface area contributed by atoms with Gasteiger partial charge in [-0.15, -0.1) is 11.8 Å². The lowest BCUT2D eigenvalue weighted by molar-refractivity contribution is -0.142. The van der Waals surface area contributed by atoms with Crippen molar-refractivity contribution in [2.75, 3.05) is 13.7 Å². The van der Waals surface area contributed by atoms with Gasteiger partial charge in [-0.3, -0.25) is 24.1 Å². The van der Waals surface area contributed by atoms with Gasteiger partial charge < -0.3 is 14.8 Å². The number of benzene rings is 1.